The summed E-state index contributed by atoms with van der Waals surface area (Å²) in [7, 11) is -3.29. The first-order valence-corrected chi connectivity index (χ1v) is 12.2. The summed E-state index contributed by atoms with van der Waals surface area (Å²) in [6, 6.07) is 17.0. The first-order valence-electron chi connectivity index (χ1n) is 10.4. The van der Waals surface area contributed by atoms with E-state index in [9.17, 15) is 18.0 Å². The van der Waals surface area contributed by atoms with Gasteiger partial charge in [-0.25, -0.2) is 8.42 Å². The third kappa shape index (κ3) is 4.91. The van der Waals surface area contributed by atoms with Gasteiger partial charge in [0.15, 0.2) is 9.84 Å². The fourth-order valence-electron chi connectivity index (χ4n) is 3.84. The molecule has 2 heterocycles. The number of carbonyl (C=O) groups is 2. The van der Waals surface area contributed by atoms with Gasteiger partial charge in [0.1, 0.15) is 5.76 Å². The molecule has 166 valence electrons. The summed E-state index contributed by atoms with van der Waals surface area (Å²) in [4.78, 5) is 27.8. The van der Waals surface area contributed by atoms with Crippen molar-refractivity contribution in [3.8, 4) is 11.3 Å². The monoisotopic (exact) mass is 452 g/mol. The molecule has 2 amide bonds. The minimum absolute atomic E-state index is 0.117. The Morgan fingerprint density at radius 3 is 2.53 bits per heavy atom. The van der Waals surface area contributed by atoms with Crippen molar-refractivity contribution in [2.75, 3.05) is 24.7 Å². The van der Waals surface area contributed by atoms with Crippen LogP contribution in [0.25, 0.3) is 11.3 Å². The number of nitrogens with zero attached hydrogens (tertiary/aromatic N) is 1. The van der Waals surface area contributed by atoms with Crippen molar-refractivity contribution >= 4 is 27.3 Å². The Labute approximate surface area is 187 Å². The van der Waals surface area contributed by atoms with E-state index in [1.165, 1.54) is 12.1 Å². The van der Waals surface area contributed by atoms with Crippen molar-refractivity contribution in [1.29, 1.82) is 0 Å². The SMILES string of the molecule is CS(=O)(=O)c1ccc(NC(=O)C2CCCN(C(=O)c3cccc(-c4ccco4)c3)C2)cc1. The fraction of sp³-hybridized carbons (Fsp3) is 0.250. The van der Waals surface area contributed by atoms with E-state index in [1.54, 1.807) is 41.5 Å². The highest BCUT2D eigenvalue weighted by atomic mass is 32.2. The highest BCUT2D eigenvalue weighted by Gasteiger charge is 2.29. The van der Waals surface area contributed by atoms with E-state index in [0.717, 1.165) is 18.2 Å². The number of hydrogen-bond acceptors (Lipinski definition) is 5. The maximum Gasteiger partial charge on any atom is 0.253 e. The van der Waals surface area contributed by atoms with E-state index < -0.39 is 9.84 Å². The molecule has 0 saturated carbocycles. The molecule has 1 fully saturated rings. The fourth-order valence-corrected chi connectivity index (χ4v) is 4.47. The summed E-state index contributed by atoms with van der Waals surface area (Å²) < 4.78 is 28.6. The molecule has 1 aromatic heterocycles. The zero-order valence-electron chi connectivity index (χ0n) is 17.7. The van der Waals surface area contributed by atoms with Gasteiger partial charge in [-0.05, 0) is 61.4 Å². The van der Waals surface area contributed by atoms with Crippen molar-refractivity contribution in [2.24, 2.45) is 5.92 Å². The topological polar surface area (TPSA) is 96.7 Å². The molecule has 3 aromatic rings. The summed E-state index contributed by atoms with van der Waals surface area (Å²) in [5, 5.41) is 2.83. The zero-order chi connectivity index (χ0) is 22.7. The van der Waals surface area contributed by atoms with Gasteiger partial charge in [0.05, 0.1) is 17.1 Å². The first-order chi connectivity index (χ1) is 15.3. The van der Waals surface area contributed by atoms with Crippen molar-refractivity contribution in [3.63, 3.8) is 0 Å². The number of sulfone groups is 1. The number of likely N-dealkylation sites (tertiary alicyclic amines) is 1. The lowest BCUT2D eigenvalue weighted by Crippen LogP contribution is -2.43. The van der Waals surface area contributed by atoms with E-state index in [-0.39, 0.29) is 22.6 Å². The molecule has 0 radical (unpaired) electrons. The second-order valence-electron chi connectivity index (χ2n) is 7.93. The molecular weight excluding hydrogens is 428 g/mol. The van der Waals surface area contributed by atoms with Crippen LogP contribution in [-0.2, 0) is 14.6 Å². The van der Waals surface area contributed by atoms with Gasteiger partial charge in [-0.3, -0.25) is 9.59 Å². The highest BCUT2D eigenvalue weighted by Crippen LogP contribution is 2.24. The average Bonchev–Trinajstić information content (AvgIpc) is 3.34. The lowest BCUT2D eigenvalue weighted by molar-refractivity contribution is -0.121. The Morgan fingerprint density at radius 2 is 1.84 bits per heavy atom. The van der Waals surface area contributed by atoms with E-state index in [0.29, 0.717) is 36.5 Å². The molecule has 32 heavy (non-hydrogen) atoms. The molecule has 1 saturated heterocycles. The number of amides is 2. The third-order valence-electron chi connectivity index (χ3n) is 5.54. The van der Waals surface area contributed by atoms with Crippen LogP contribution < -0.4 is 5.32 Å². The molecule has 0 bridgehead atoms. The molecular formula is C24H24N2O5S. The molecule has 8 heteroatoms. The Kier molecular flexibility index (Phi) is 6.14. The molecule has 2 aromatic carbocycles. The van der Waals surface area contributed by atoms with Crippen LogP contribution in [0, 0.1) is 5.92 Å². The molecule has 1 unspecified atom stereocenters. The van der Waals surface area contributed by atoms with Crippen molar-refractivity contribution < 1.29 is 22.4 Å². The Hall–Kier alpha value is -3.39. The second-order valence-corrected chi connectivity index (χ2v) is 9.95. The largest absolute Gasteiger partial charge is 0.464 e. The smallest absolute Gasteiger partial charge is 0.253 e. The lowest BCUT2D eigenvalue weighted by atomic mass is 9.96. The predicted octanol–water partition coefficient (Wildman–Crippen LogP) is 3.84. The predicted molar refractivity (Wildman–Crippen MR) is 121 cm³/mol. The van der Waals surface area contributed by atoms with Gasteiger partial charge in [-0.15, -0.1) is 0 Å². The van der Waals surface area contributed by atoms with Crippen LogP contribution >= 0.6 is 0 Å². The van der Waals surface area contributed by atoms with E-state index in [1.807, 2.05) is 18.2 Å². The minimum Gasteiger partial charge on any atom is -0.464 e. The number of carbonyl (C=O) groups excluding carboxylic acids is 2. The molecule has 7 nitrogen and oxygen atoms in total. The Morgan fingerprint density at radius 1 is 1.06 bits per heavy atom. The van der Waals surface area contributed by atoms with Crippen LogP contribution in [0.15, 0.2) is 76.2 Å². The summed E-state index contributed by atoms with van der Waals surface area (Å²) in [6.45, 7) is 0.924. The van der Waals surface area contributed by atoms with Gasteiger partial charge in [0.25, 0.3) is 5.91 Å². The third-order valence-corrected chi connectivity index (χ3v) is 6.67. The molecule has 0 aliphatic carbocycles. The van der Waals surface area contributed by atoms with Gasteiger partial charge < -0.3 is 14.6 Å². The molecule has 1 aliphatic rings. The summed E-state index contributed by atoms with van der Waals surface area (Å²) in [5.41, 5.74) is 1.90. The number of hydrogen-bond donors (Lipinski definition) is 1. The van der Waals surface area contributed by atoms with Crippen molar-refractivity contribution in [1.82, 2.24) is 4.90 Å². The quantitative estimate of drug-likeness (QED) is 0.634. The first kappa shape index (κ1) is 21.8. The number of nitrogens with one attached hydrogen (secondary N) is 1. The molecule has 0 spiro atoms. The zero-order valence-corrected chi connectivity index (χ0v) is 18.5. The average molecular weight is 453 g/mol. The summed E-state index contributed by atoms with van der Waals surface area (Å²) >= 11 is 0. The van der Waals surface area contributed by atoms with Crippen LogP contribution in [0.1, 0.15) is 23.2 Å². The maximum absolute atomic E-state index is 13.1. The highest BCUT2D eigenvalue weighted by molar-refractivity contribution is 7.90. The van der Waals surface area contributed by atoms with E-state index in [2.05, 4.69) is 5.32 Å². The Bertz CT molecular complexity index is 1220. The molecule has 1 atom stereocenters. The number of rotatable bonds is 5. The Balaban J connectivity index is 1.42. The van der Waals surface area contributed by atoms with Gasteiger partial charge >= 0.3 is 0 Å². The number of furan rings is 1. The van der Waals surface area contributed by atoms with Crippen LogP contribution in [-0.4, -0.2) is 44.5 Å². The normalized spacial score (nSPS) is 16.5. The summed E-state index contributed by atoms with van der Waals surface area (Å²) in [5.74, 6) is 0.0559. The van der Waals surface area contributed by atoms with Gasteiger partial charge in [0.2, 0.25) is 5.91 Å². The standard InChI is InChI=1S/C24H24N2O5S/c1-32(29,30)21-11-9-20(10-12-21)25-23(27)19-7-3-13-26(16-19)24(28)18-6-2-5-17(15-18)22-8-4-14-31-22/h2,4-6,8-12,14-15,19H,3,7,13,16H2,1H3,(H,25,27). The summed E-state index contributed by atoms with van der Waals surface area (Å²) in [6.07, 6.45) is 4.14. The molecule has 1 N–H and O–H groups in total. The van der Waals surface area contributed by atoms with Gasteiger partial charge in [0, 0.05) is 36.2 Å². The molecule has 1 aliphatic heterocycles. The number of anilines is 1. The van der Waals surface area contributed by atoms with Crippen LogP contribution in [0.4, 0.5) is 5.69 Å². The van der Waals surface area contributed by atoms with Gasteiger partial charge in [-0.1, -0.05) is 12.1 Å². The lowest BCUT2D eigenvalue weighted by Gasteiger charge is -2.32. The minimum atomic E-state index is -3.29. The van der Waals surface area contributed by atoms with Crippen molar-refractivity contribution in [2.45, 2.75) is 17.7 Å². The number of piperidine rings is 1. The number of benzene rings is 2. The second kappa shape index (κ2) is 9.00. The van der Waals surface area contributed by atoms with E-state index in [4.69, 9.17) is 4.42 Å². The van der Waals surface area contributed by atoms with Crippen molar-refractivity contribution in [3.05, 3.63) is 72.5 Å². The molecule has 4 rings (SSSR count). The maximum atomic E-state index is 13.1. The van der Waals surface area contributed by atoms with Crippen LogP contribution in [0.2, 0.25) is 0 Å². The van der Waals surface area contributed by atoms with Crippen LogP contribution in [0.5, 0.6) is 0 Å². The van der Waals surface area contributed by atoms with E-state index >= 15 is 0 Å². The van der Waals surface area contributed by atoms with Crippen LogP contribution in [0.3, 0.4) is 0 Å². The van der Waals surface area contributed by atoms with Gasteiger partial charge in [-0.2, -0.15) is 0 Å².